The fraction of sp³-hybridized carbons (Fsp3) is 0.500. The van der Waals surface area contributed by atoms with Gasteiger partial charge in [-0.15, -0.1) is 0 Å². The van der Waals surface area contributed by atoms with Crippen molar-refractivity contribution in [1.29, 1.82) is 0 Å². The van der Waals surface area contributed by atoms with E-state index in [4.69, 9.17) is 23.7 Å². The van der Waals surface area contributed by atoms with Gasteiger partial charge in [0, 0.05) is 12.5 Å². The summed E-state index contributed by atoms with van der Waals surface area (Å²) in [5.74, 6) is 0.194. The summed E-state index contributed by atoms with van der Waals surface area (Å²) in [5.41, 5.74) is -0.280. The molecule has 24 heavy (non-hydrogen) atoms. The Kier molecular flexibility index (Phi) is 3.37. The van der Waals surface area contributed by atoms with Crippen molar-refractivity contribution in [3.8, 4) is 11.5 Å². The van der Waals surface area contributed by atoms with E-state index in [0.29, 0.717) is 17.9 Å². The molecule has 128 valence electrons. The van der Waals surface area contributed by atoms with E-state index >= 15 is 0 Å². The fourth-order valence-corrected chi connectivity index (χ4v) is 3.63. The number of ether oxygens (including phenoxy) is 5. The number of fused-ring (bicyclic) bond motifs is 2. The second kappa shape index (κ2) is 5.22. The lowest BCUT2D eigenvalue weighted by atomic mass is 9.80. The second-order valence-corrected chi connectivity index (χ2v) is 6.69. The van der Waals surface area contributed by atoms with E-state index in [9.17, 15) is 4.79 Å². The van der Waals surface area contributed by atoms with Crippen LogP contribution in [0.3, 0.4) is 0 Å². The molecule has 0 unspecified atom stereocenters. The van der Waals surface area contributed by atoms with Gasteiger partial charge in [-0.25, -0.2) is 0 Å². The van der Waals surface area contributed by atoms with Crippen LogP contribution in [0.5, 0.6) is 11.5 Å². The van der Waals surface area contributed by atoms with Crippen molar-refractivity contribution in [2.75, 3.05) is 6.79 Å². The highest BCUT2D eigenvalue weighted by molar-refractivity contribution is 5.67. The number of carbonyl (C=O) groups is 1. The topological polar surface area (TPSA) is 63.2 Å². The third-order valence-corrected chi connectivity index (χ3v) is 4.48. The highest BCUT2D eigenvalue weighted by Gasteiger charge is 2.56. The van der Waals surface area contributed by atoms with E-state index in [1.54, 1.807) is 0 Å². The molecule has 2 heterocycles. The van der Waals surface area contributed by atoms with Crippen LogP contribution in [0, 0.1) is 0 Å². The van der Waals surface area contributed by atoms with Crippen LogP contribution in [0.25, 0.3) is 0 Å². The van der Waals surface area contributed by atoms with Crippen molar-refractivity contribution in [1.82, 2.24) is 0 Å². The first-order valence-corrected chi connectivity index (χ1v) is 8.03. The Bertz CT molecular complexity index is 709. The Labute approximate surface area is 140 Å². The molecule has 3 aliphatic rings. The molecule has 1 saturated heterocycles. The standard InChI is InChI=1S/C18H20O6/c1-11(19)22-18(12-6-7-13-15(9-12)21-10-20-13)8-4-5-14-16(18)24-17(2,3)23-14/h4,6-9,14,16H,5,10H2,1-3H3/t14-,16-,18-/m0/s1. The predicted molar refractivity (Wildman–Crippen MR) is 83.6 cm³/mol. The summed E-state index contributed by atoms with van der Waals surface area (Å²) in [6, 6.07) is 5.53. The van der Waals surface area contributed by atoms with E-state index in [0.717, 1.165) is 5.56 Å². The molecule has 4 rings (SSSR count). The van der Waals surface area contributed by atoms with E-state index in [1.807, 2.05) is 44.2 Å². The minimum atomic E-state index is -1.05. The number of benzene rings is 1. The molecule has 6 nitrogen and oxygen atoms in total. The molecule has 0 aromatic heterocycles. The van der Waals surface area contributed by atoms with E-state index in [1.165, 1.54) is 6.92 Å². The third kappa shape index (κ3) is 2.37. The van der Waals surface area contributed by atoms with Crippen molar-refractivity contribution in [2.24, 2.45) is 0 Å². The molecule has 0 saturated carbocycles. The van der Waals surface area contributed by atoms with Crippen molar-refractivity contribution in [3.05, 3.63) is 35.9 Å². The zero-order valence-electron chi connectivity index (χ0n) is 13.9. The SMILES string of the molecule is CC(=O)O[C@]1(c2ccc3c(c2)OCO3)C=CC[C@@H]2OC(C)(C)O[C@@H]21. The molecule has 1 fully saturated rings. The predicted octanol–water partition coefficient (Wildman–Crippen LogP) is 2.65. The summed E-state index contributed by atoms with van der Waals surface area (Å²) in [6.45, 7) is 5.31. The number of hydrogen-bond donors (Lipinski definition) is 0. The van der Waals surface area contributed by atoms with Crippen LogP contribution in [0.4, 0.5) is 0 Å². The van der Waals surface area contributed by atoms with Gasteiger partial charge in [-0.3, -0.25) is 4.79 Å². The van der Waals surface area contributed by atoms with Crippen LogP contribution in [0.2, 0.25) is 0 Å². The van der Waals surface area contributed by atoms with Crippen LogP contribution < -0.4 is 9.47 Å². The maximum Gasteiger partial charge on any atom is 0.303 e. The van der Waals surface area contributed by atoms with Gasteiger partial charge in [0.05, 0.1) is 6.10 Å². The lowest BCUT2D eigenvalue weighted by Crippen LogP contribution is -2.49. The molecule has 3 atom stereocenters. The van der Waals surface area contributed by atoms with Crippen molar-refractivity contribution in [3.63, 3.8) is 0 Å². The van der Waals surface area contributed by atoms with Crippen molar-refractivity contribution >= 4 is 5.97 Å². The molecule has 0 spiro atoms. The van der Waals surface area contributed by atoms with Crippen LogP contribution in [-0.2, 0) is 24.6 Å². The number of carbonyl (C=O) groups excluding carboxylic acids is 1. The zero-order chi connectivity index (χ0) is 16.9. The van der Waals surface area contributed by atoms with E-state index in [-0.39, 0.29) is 18.9 Å². The second-order valence-electron chi connectivity index (χ2n) is 6.69. The Morgan fingerprint density at radius 2 is 2.00 bits per heavy atom. The highest BCUT2D eigenvalue weighted by Crippen LogP contribution is 2.48. The van der Waals surface area contributed by atoms with Crippen LogP contribution in [0.1, 0.15) is 32.8 Å². The summed E-state index contributed by atoms with van der Waals surface area (Å²) in [6.07, 6.45) is 3.95. The summed E-state index contributed by atoms with van der Waals surface area (Å²) in [5, 5.41) is 0. The third-order valence-electron chi connectivity index (χ3n) is 4.48. The largest absolute Gasteiger partial charge is 0.454 e. The molecule has 0 amide bonds. The molecule has 1 aromatic carbocycles. The number of hydrogen-bond acceptors (Lipinski definition) is 6. The van der Waals surface area contributed by atoms with Crippen LogP contribution in [0.15, 0.2) is 30.4 Å². The smallest absolute Gasteiger partial charge is 0.303 e. The lowest BCUT2D eigenvalue weighted by Gasteiger charge is -2.39. The van der Waals surface area contributed by atoms with Crippen molar-refractivity contribution < 1.29 is 28.5 Å². The molecule has 1 aromatic rings. The van der Waals surface area contributed by atoms with Gasteiger partial charge in [0.15, 0.2) is 22.9 Å². The molecule has 1 aliphatic carbocycles. The summed E-state index contributed by atoms with van der Waals surface area (Å²) in [7, 11) is 0. The van der Waals surface area contributed by atoms with Gasteiger partial charge in [-0.2, -0.15) is 0 Å². The lowest BCUT2D eigenvalue weighted by molar-refractivity contribution is -0.184. The normalized spacial score (nSPS) is 32.5. The van der Waals surface area contributed by atoms with Gasteiger partial charge in [0.1, 0.15) is 6.10 Å². The quantitative estimate of drug-likeness (QED) is 0.613. The monoisotopic (exact) mass is 332 g/mol. The maximum absolute atomic E-state index is 11.9. The first kappa shape index (κ1) is 15.5. The summed E-state index contributed by atoms with van der Waals surface area (Å²) in [4.78, 5) is 11.9. The Balaban J connectivity index is 1.82. The summed E-state index contributed by atoms with van der Waals surface area (Å²) < 4.78 is 28.8. The first-order valence-electron chi connectivity index (χ1n) is 8.03. The minimum Gasteiger partial charge on any atom is -0.454 e. The highest BCUT2D eigenvalue weighted by atomic mass is 16.8. The average Bonchev–Trinajstić information content (AvgIpc) is 3.08. The average molecular weight is 332 g/mol. The summed E-state index contributed by atoms with van der Waals surface area (Å²) >= 11 is 0. The Morgan fingerprint density at radius 1 is 1.21 bits per heavy atom. The fourth-order valence-electron chi connectivity index (χ4n) is 3.63. The Morgan fingerprint density at radius 3 is 2.79 bits per heavy atom. The van der Waals surface area contributed by atoms with Crippen molar-refractivity contribution in [2.45, 2.75) is 50.8 Å². The molecular weight excluding hydrogens is 312 g/mol. The number of rotatable bonds is 2. The van der Waals surface area contributed by atoms with E-state index < -0.39 is 17.5 Å². The first-order chi connectivity index (χ1) is 11.4. The van der Waals surface area contributed by atoms with E-state index in [2.05, 4.69) is 0 Å². The molecule has 0 radical (unpaired) electrons. The van der Waals surface area contributed by atoms with Gasteiger partial charge >= 0.3 is 5.97 Å². The van der Waals surface area contributed by atoms with Gasteiger partial charge in [0.2, 0.25) is 6.79 Å². The number of esters is 1. The van der Waals surface area contributed by atoms with Crippen LogP contribution >= 0.6 is 0 Å². The van der Waals surface area contributed by atoms with Gasteiger partial charge in [-0.1, -0.05) is 12.1 Å². The molecule has 2 aliphatic heterocycles. The minimum absolute atomic E-state index is 0.185. The van der Waals surface area contributed by atoms with Gasteiger partial charge < -0.3 is 23.7 Å². The molecule has 6 heteroatoms. The van der Waals surface area contributed by atoms with Crippen LogP contribution in [-0.4, -0.2) is 30.8 Å². The zero-order valence-corrected chi connectivity index (χ0v) is 13.9. The maximum atomic E-state index is 11.9. The molecular formula is C18H20O6. The molecule has 0 bridgehead atoms. The Hall–Kier alpha value is -2.05. The molecule has 0 N–H and O–H groups in total. The van der Waals surface area contributed by atoms with Gasteiger partial charge in [-0.05, 0) is 38.5 Å². The van der Waals surface area contributed by atoms with Gasteiger partial charge in [0.25, 0.3) is 0 Å².